The van der Waals surface area contributed by atoms with E-state index in [2.05, 4.69) is 5.32 Å². The summed E-state index contributed by atoms with van der Waals surface area (Å²) in [5.74, 6) is -0.200. The van der Waals surface area contributed by atoms with E-state index in [1.165, 1.54) is 9.21 Å². The summed E-state index contributed by atoms with van der Waals surface area (Å²) in [6, 6.07) is 12.1. The molecule has 2 amide bonds. The van der Waals surface area contributed by atoms with E-state index in [9.17, 15) is 18.0 Å². The Hall–Kier alpha value is -2.58. The zero-order valence-electron chi connectivity index (χ0n) is 22.0. The molecule has 7 nitrogen and oxygen atoms in total. The maximum absolute atomic E-state index is 13.4. The van der Waals surface area contributed by atoms with Crippen molar-refractivity contribution < 1.29 is 18.0 Å². The highest BCUT2D eigenvalue weighted by Crippen LogP contribution is 2.23. The summed E-state index contributed by atoms with van der Waals surface area (Å²) in [6.45, 7) is 10.4. The van der Waals surface area contributed by atoms with E-state index in [1.807, 2.05) is 64.1 Å². The summed E-state index contributed by atoms with van der Waals surface area (Å²) in [4.78, 5) is 27.7. The Bertz CT molecular complexity index is 1150. The van der Waals surface area contributed by atoms with Crippen LogP contribution in [-0.2, 0) is 26.2 Å². The fourth-order valence-electron chi connectivity index (χ4n) is 3.94. The van der Waals surface area contributed by atoms with Crippen molar-refractivity contribution in [3.05, 3.63) is 64.2 Å². The smallest absolute Gasteiger partial charge is 0.242 e. The zero-order valence-corrected chi connectivity index (χ0v) is 23.6. The van der Waals surface area contributed by atoms with E-state index < -0.39 is 16.1 Å². The Morgan fingerprint density at radius 3 is 2.19 bits per heavy atom. The number of halogens is 1. The van der Waals surface area contributed by atoms with E-state index in [0.717, 1.165) is 22.9 Å². The van der Waals surface area contributed by atoms with Gasteiger partial charge < -0.3 is 10.2 Å². The van der Waals surface area contributed by atoms with Crippen LogP contribution in [0.2, 0.25) is 5.02 Å². The molecule has 1 N–H and O–H groups in total. The van der Waals surface area contributed by atoms with E-state index in [1.54, 1.807) is 13.0 Å². The van der Waals surface area contributed by atoms with E-state index in [-0.39, 0.29) is 37.2 Å². The highest BCUT2D eigenvalue weighted by atomic mass is 35.5. The van der Waals surface area contributed by atoms with Crippen molar-refractivity contribution in [1.29, 1.82) is 0 Å². The number of carbonyl (C=O) groups excluding carboxylic acids is 2. The van der Waals surface area contributed by atoms with Gasteiger partial charge in [0.15, 0.2) is 0 Å². The number of carbonyl (C=O) groups is 2. The number of aryl methyl sites for hydroxylation is 2. The number of nitrogens with one attached hydrogen (secondary N) is 1. The van der Waals surface area contributed by atoms with E-state index in [4.69, 9.17) is 11.6 Å². The van der Waals surface area contributed by atoms with Gasteiger partial charge in [0, 0.05) is 31.1 Å². The van der Waals surface area contributed by atoms with Crippen LogP contribution in [0.4, 0.5) is 5.69 Å². The van der Waals surface area contributed by atoms with Gasteiger partial charge in [-0.15, -0.1) is 0 Å². The first-order valence-electron chi connectivity index (χ1n) is 12.2. The van der Waals surface area contributed by atoms with Gasteiger partial charge in [-0.1, -0.05) is 49.7 Å². The minimum Gasteiger partial charge on any atom is -0.354 e. The molecule has 0 aliphatic rings. The van der Waals surface area contributed by atoms with Crippen LogP contribution in [0.3, 0.4) is 0 Å². The minimum absolute atomic E-state index is 0.0864. The van der Waals surface area contributed by atoms with Gasteiger partial charge >= 0.3 is 0 Å². The van der Waals surface area contributed by atoms with Crippen LogP contribution in [-0.4, -0.2) is 50.5 Å². The monoisotopic (exact) mass is 535 g/mol. The van der Waals surface area contributed by atoms with Crippen LogP contribution in [0.1, 0.15) is 50.3 Å². The molecule has 0 saturated carbocycles. The number of anilines is 1. The normalized spacial score (nSPS) is 12.3. The van der Waals surface area contributed by atoms with Gasteiger partial charge in [-0.25, -0.2) is 8.42 Å². The minimum atomic E-state index is -3.54. The molecule has 0 spiro atoms. The van der Waals surface area contributed by atoms with Gasteiger partial charge in [-0.2, -0.15) is 0 Å². The SMILES string of the molecule is Cc1cc(C)cc(N(CCCC(=O)N(Cc2ccccc2Cl)[C@@H](C)C(=O)NCC(C)C)S(C)(=O)=O)c1. The highest BCUT2D eigenvalue weighted by molar-refractivity contribution is 7.92. The largest absolute Gasteiger partial charge is 0.354 e. The van der Waals surface area contributed by atoms with Gasteiger partial charge in [0.05, 0.1) is 11.9 Å². The fourth-order valence-corrected chi connectivity index (χ4v) is 5.09. The first-order valence-corrected chi connectivity index (χ1v) is 14.4. The number of hydrogen-bond donors (Lipinski definition) is 1. The Morgan fingerprint density at radius 1 is 1.03 bits per heavy atom. The van der Waals surface area contributed by atoms with Crippen molar-refractivity contribution in [2.75, 3.05) is 23.7 Å². The van der Waals surface area contributed by atoms with Crippen molar-refractivity contribution in [3.63, 3.8) is 0 Å². The molecule has 0 saturated heterocycles. The van der Waals surface area contributed by atoms with Crippen molar-refractivity contribution >= 4 is 39.1 Å². The Balaban J connectivity index is 2.20. The molecular formula is C27H38ClN3O4S. The maximum Gasteiger partial charge on any atom is 0.242 e. The number of amides is 2. The Morgan fingerprint density at radius 2 is 1.64 bits per heavy atom. The molecule has 0 unspecified atom stereocenters. The average Bonchev–Trinajstić information content (AvgIpc) is 2.77. The van der Waals surface area contributed by atoms with Gasteiger partial charge in [-0.05, 0) is 68.0 Å². The van der Waals surface area contributed by atoms with Gasteiger partial charge in [0.1, 0.15) is 6.04 Å². The summed E-state index contributed by atoms with van der Waals surface area (Å²) in [7, 11) is -3.54. The van der Waals surface area contributed by atoms with Crippen LogP contribution in [0.15, 0.2) is 42.5 Å². The quantitative estimate of drug-likeness (QED) is 0.427. The highest BCUT2D eigenvalue weighted by Gasteiger charge is 2.27. The molecule has 9 heteroatoms. The summed E-state index contributed by atoms with van der Waals surface area (Å²) >= 11 is 6.34. The number of sulfonamides is 1. The van der Waals surface area contributed by atoms with Crippen molar-refractivity contribution in [3.8, 4) is 0 Å². The predicted octanol–water partition coefficient (Wildman–Crippen LogP) is 4.69. The third-order valence-corrected chi connectivity index (χ3v) is 7.36. The zero-order chi connectivity index (χ0) is 27.0. The molecule has 0 aliphatic carbocycles. The summed E-state index contributed by atoms with van der Waals surface area (Å²) < 4.78 is 26.4. The molecule has 0 bridgehead atoms. The second-order valence-electron chi connectivity index (χ2n) is 9.71. The van der Waals surface area contributed by atoms with Crippen molar-refractivity contribution in [1.82, 2.24) is 10.2 Å². The predicted molar refractivity (Wildman–Crippen MR) is 147 cm³/mol. The Kier molecular flexibility index (Phi) is 10.8. The molecule has 0 fully saturated rings. The summed E-state index contributed by atoms with van der Waals surface area (Å²) in [6.07, 6.45) is 1.55. The lowest BCUT2D eigenvalue weighted by Crippen LogP contribution is -2.48. The molecule has 0 aromatic heterocycles. The molecule has 36 heavy (non-hydrogen) atoms. The summed E-state index contributed by atoms with van der Waals surface area (Å²) in [5, 5.41) is 3.41. The molecule has 198 valence electrons. The van der Waals surface area contributed by atoms with Crippen LogP contribution < -0.4 is 9.62 Å². The van der Waals surface area contributed by atoms with Gasteiger partial charge in [0.25, 0.3) is 0 Å². The van der Waals surface area contributed by atoms with Crippen molar-refractivity contribution in [2.24, 2.45) is 5.92 Å². The third kappa shape index (κ3) is 8.82. The number of benzene rings is 2. The Labute approximate surface area is 220 Å². The van der Waals surface area contributed by atoms with Crippen molar-refractivity contribution in [2.45, 2.75) is 60.0 Å². The lowest BCUT2D eigenvalue weighted by molar-refractivity contribution is -0.140. The van der Waals surface area contributed by atoms with Gasteiger partial charge in [-0.3, -0.25) is 13.9 Å². The number of hydrogen-bond acceptors (Lipinski definition) is 4. The van der Waals surface area contributed by atoms with Crippen LogP contribution in [0.5, 0.6) is 0 Å². The van der Waals surface area contributed by atoms with E-state index >= 15 is 0 Å². The van der Waals surface area contributed by atoms with Gasteiger partial charge in [0.2, 0.25) is 21.8 Å². The molecule has 1 atom stereocenters. The topological polar surface area (TPSA) is 86.8 Å². The van der Waals surface area contributed by atoms with Crippen LogP contribution in [0.25, 0.3) is 0 Å². The standard InChI is InChI=1S/C27H38ClN3O4S/c1-19(2)17-29-27(33)22(5)30(18-23-10-7-8-11-25(23)28)26(32)12-9-13-31(36(6,34)35)24-15-20(3)14-21(4)16-24/h7-8,10-11,14-16,19,22H,9,12-13,17-18H2,1-6H3,(H,29,33)/t22-/m0/s1. The van der Waals surface area contributed by atoms with Crippen LogP contribution >= 0.6 is 11.6 Å². The number of rotatable bonds is 12. The molecule has 0 heterocycles. The second-order valence-corrected chi connectivity index (χ2v) is 12.0. The molecule has 0 aliphatic heterocycles. The first kappa shape index (κ1) is 29.6. The summed E-state index contributed by atoms with van der Waals surface area (Å²) in [5.41, 5.74) is 3.24. The average molecular weight is 536 g/mol. The number of nitrogens with zero attached hydrogens (tertiary/aromatic N) is 2. The fraction of sp³-hybridized carbons (Fsp3) is 0.481. The lowest BCUT2D eigenvalue weighted by Gasteiger charge is -2.30. The molecule has 2 aromatic rings. The molecule has 2 rings (SSSR count). The molecule has 0 radical (unpaired) electrons. The second kappa shape index (κ2) is 13.1. The lowest BCUT2D eigenvalue weighted by atomic mass is 10.1. The van der Waals surface area contributed by atoms with E-state index in [0.29, 0.717) is 23.7 Å². The molecular weight excluding hydrogens is 498 g/mol. The molecule has 2 aromatic carbocycles. The maximum atomic E-state index is 13.4. The first-order chi connectivity index (χ1) is 16.8. The van der Waals surface area contributed by atoms with Crippen LogP contribution in [0, 0.1) is 19.8 Å². The third-order valence-electron chi connectivity index (χ3n) is 5.80.